The van der Waals surface area contributed by atoms with Crippen LogP contribution in [0.25, 0.3) is 0 Å². The molecule has 86 valence electrons. The van der Waals surface area contributed by atoms with E-state index >= 15 is 0 Å². The smallest absolute Gasteiger partial charge is 0.371 e. The molecular formula is C12H7FO4. The van der Waals surface area contributed by atoms with Crippen molar-refractivity contribution >= 4 is 11.8 Å². The number of halogens is 1. The molecule has 1 heterocycles. The van der Waals surface area contributed by atoms with Gasteiger partial charge < -0.3 is 9.52 Å². The molecule has 0 saturated carbocycles. The Labute approximate surface area is 95.3 Å². The molecule has 0 aliphatic carbocycles. The normalized spacial score (nSPS) is 10.2. The maximum atomic E-state index is 12.9. The third kappa shape index (κ3) is 2.23. The van der Waals surface area contributed by atoms with Crippen molar-refractivity contribution < 1.29 is 23.5 Å². The summed E-state index contributed by atoms with van der Waals surface area (Å²) in [6.45, 7) is 0. The predicted octanol–water partition coefficient (Wildman–Crippen LogP) is 2.35. The van der Waals surface area contributed by atoms with Gasteiger partial charge in [-0.2, -0.15) is 0 Å². The summed E-state index contributed by atoms with van der Waals surface area (Å²) < 4.78 is 17.6. The zero-order chi connectivity index (χ0) is 12.4. The average Bonchev–Trinajstić information content (AvgIpc) is 2.77. The Balaban J connectivity index is 2.34. The number of carboxylic acid groups (broad SMARTS) is 1. The first-order chi connectivity index (χ1) is 8.08. The zero-order valence-corrected chi connectivity index (χ0v) is 8.51. The summed E-state index contributed by atoms with van der Waals surface area (Å²) in [7, 11) is 0. The van der Waals surface area contributed by atoms with E-state index in [4.69, 9.17) is 5.11 Å². The predicted molar refractivity (Wildman–Crippen MR) is 55.5 cm³/mol. The summed E-state index contributed by atoms with van der Waals surface area (Å²) in [5, 5.41) is 8.63. The summed E-state index contributed by atoms with van der Waals surface area (Å²) in [4.78, 5) is 22.4. The quantitative estimate of drug-likeness (QED) is 0.827. The first-order valence-corrected chi connectivity index (χ1v) is 4.70. The summed E-state index contributed by atoms with van der Waals surface area (Å²) in [5.41, 5.74) is 0.218. The van der Waals surface area contributed by atoms with Crippen LogP contribution in [0, 0.1) is 5.82 Å². The van der Waals surface area contributed by atoms with E-state index in [2.05, 4.69) is 4.42 Å². The highest BCUT2D eigenvalue weighted by molar-refractivity contribution is 6.09. The SMILES string of the molecule is O=C(c1cccc(F)c1)c1coc(C(=O)O)c1. The minimum Gasteiger partial charge on any atom is -0.475 e. The summed E-state index contributed by atoms with van der Waals surface area (Å²) in [6.07, 6.45) is 1.04. The van der Waals surface area contributed by atoms with E-state index in [-0.39, 0.29) is 16.9 Å². The average molecular weight is 234 g/mol. The van der Waals surface area contributed by atoms with E-state index in [1.807, 2.05) is 0 Å². The van der Waals surface area contributed by atoms with Crippen molar-refractivity contribution in [3.63, 3.8) is 0 Å². The molecule has 1 N–H and O–H groups in total. The van der Waals surface area contributed by atoms with Gasteiger partial charge in [-0.15, -0.1) is 0 Å². The van der Waals surface area contributed by atoms with Gasteiger partial charge in [0.05, 0.1) is 5.56 Å². The molecule has 0 aliphatic rings. The van der Waals surface area contributed by atoms with Crippen molar-refractivity contribution in [3.05, 3.63) is 59.3 Å². The van der Waals surface area contributed by atoms with E-state index in [9.17, 15) is 14.0 Å². The zero-order valence-electron chi connectivity index (χ0n) is 8.51. The Morgan fingerprint density at radius 1 is 1.18 bits per heavy atom. The van der Waals surface area contributed by atoms with Crippen molar-refractivity contribution in [3.8, 4) is 0 Å². The lowest BCUT2D eigenvalue weighted by Crippen LogP contribution is -2.00. The third-order valence-corrected chi connectivity index (χ3v) is 2.16. The molecule has 0 aliphatic heterocycles. The van der Waals surface area contributed by atoms with Crippen LogP contribution in [0.15, 0.2) is 41.0 Å². The molecule has 0 radical (unpaired) electrons. The highest BCUT2D eigenvalue weighted by Crippen LogP contribution is 2.14. The van der Waals surface area contributed by atoms with Gasteiger partial charge in [-0.25, -0.2) is 9.18 Å². The van der Waals surface area contributed by atoms with Crippen molar-refractivity contribution in [2.24, 2.45) is 0 Å². The molecule has 1 aromatic heterocycles. The topological polar surface area (TPSA) is 67.5 Å². The second-order valence-corrected chi connectivity index (χ2v) is 3.34. The molecule has 2 aromatic rings. The fourth-order valence-corrected chi connectivity index (χ4v) is 1.36. The maximum absolute atomic E-state index is 12.9. The van der Waals surface area contributed by atoms with Gasteiger partial charge in [-0.3, -0.25) is 4.79 Å². The highest BCUT2D eigenvalue weighted by Gasteiger charge is 2.16. The van der Waals surface area contributed by atoms with Gasteiger partial charge in [-0.1, -0.05) is 12.1 Å². The van der Waals surface area contributed by atoms with Crippen LogP contribution in [0.4, 0.5) is 4.39 Å². The van der Waals surface area contributed by atoms with Gasteiger partial charge >= 0.3 is 5.97 Å². The molecule has 0 saturated heterocycles. The van der Waals surface area contributed by atoms with Crippen LogP contribution < -0.4 is 0 Å². The standard InChI is InChI=1S/C12H7FO4/c13-9-3-1-2-7(4-9)11(14)8-5-10(12(15)16)17-6-8/h1-6H,(H,15,16). The Morgan fingerprint density at radius 3 is 2.53 bits per heavy atom. The molecule has 0 unspecified atom stereocenters. The Morgan fingerprint density at radius 2 is 1.94 bits per heavy atom. The molecular weight excluding hydrogens is 227 g/mol. The van der Waals surface area contributed by atoms with Crippen LogP contribution in [-0.4, -0.2) is 16.9 Å². The van der Waals surface area contributed by atoms with Crippen molar-refractivity contribution in [2.75, 3.05) is 0 Å². The first kappa shape index (κ1) is 11.1. The van der Waals surface area contributed by atoms with Crippen LogP contribution in [0.2, 0.25) is 0 Å². The largest absolute Gasteiger partial charge is 0.475 e. The number of carbonyl (C=O) groups excluding carboxylic acids is 1. The van der Waals surface area contributed by atoms with E-state index in [0.29, 0.717) is 0 Å². The highest BCUT2D eigenvalue weighted by atomic mass is 19.1. The summed E-state index contributed by atoms with van der Waals surface area (Å²) in [6, 6.07) is 6.25. The van der Waals surface area contributed by atoms with E-state index in [1.54, 1.807) is 0 Å². The molecule has 1 aromatic carbocycles. The second-order valence-electron chi connectivity index (χ2n) is 3.34. The number of rotatable bonds is 3. The van der Waals surface area contributed by atoms with Gasteiger partial charge in [0, 0.05) is 11.6 Å². The molecule has 0 atom stereocenters. The fraction of sp³-hybridized carbons (Fsp3) is 0. The van der Waals surface area contributed by atoms with E-state index in [1.165, 1.54) is 18.2 Å². The Hall–Kier alpha value is -2.43. The maximum Gasteiger partial charge on any atom is 0.371 e. The molecule has 0 amide bonds. The number of benzene rings is 1. The van der Waals surface area contributed by atoms with Crippen LogP contribution in [0.5, 0.6) is 0 Å². The Kier molecular flexibility index (Phi) is 2.74. The number of carboxylic acids is 1. The van der Waals surface area contributed by atoms with Crippen LogP contribution in [0.3, 0.4) is 0 Å². The third-order valence-electron chi connectivity index (χ3n) is 2.16. The summed E-state index contributed by atoms with van der Waals surface area (Å²) >= 11 is 0. The minimum atomic E-state index is -1.26. The minimum absolute atomic E-state index is 0.0769. The van der Waals surface area contributed by atoms with Crippen molar-refractivity contribution in [1.82, 2.24) is 0 Å². The van der Waals surface area contributed by atoms with Crippen molar-refractivity contribution in [1.29, 1.82) is 0 Å². The number of hydrogen-bond donors (Lipinski definition) is 1. The van der Waals surface area contributed by atoms with Gasteiger partial charge in [-0.05, 0) is 12.1 Å². The molecule has 0 bridgehead atoms. The number of hydrogen-bond acceptors (Lipinski definition) is 3. The second kappa shape index (κ2) is 4.21. The van der Waals surface area contributed by atoms with Crippen molar-refractivity contribution in [2.45, 2.75) is 0 Å². The molecule has 0 fully saturated rings. The van der Waals surface area contributed by atoms with Crippen LogP contribution >= 0.6 is 0 Å². The number of carbonyl (C=O) groups is 2. The van der Waals surface area contributed by atoms with Gasteiger partial charge in [0.2, 0.25) is 5.76 Å². The molecule has 17 heavy (non-hydrogen) atoms. The molecule has 0 spiro atoms. The lowest BCUT2D eigenvalue weighted by atomic mass is 10.1. The Bertz CT molecular complexity index is 586. The van der Waals surface area contributed by atoms with E-state index in [0.717, 1.165) is 18.4 Å². The lowest BCUT2D eigenvalue weighted by Gasteiger charge is -1.96. The first-order valence-electron chi connectivity index (χ1n) is 4.70. The monoisotopic (exact) mass is 234 g/mol. The number of furan rings is 1. The van der Waals surface area contributed by atoms with Gasteiger partial charge in [0.25, 0.3) is 0 Å². The van der Waals surface area contributed by atoms with Crippen LogP contribution in [-0.2, 0) is 0 Å². The van der Waals surface area contributed by atoms with Gasteiger partial charge in [0.1, 0.15) is 12.1 Å². The lowest BCUT2D eigenvalue weighted by molar-refractivity contribution is 0.0662. The molecule has 2 rings (SSSR count). The molecule has 4 nitrogen and oxygen atoms in total. The number of aromatic carboxylic acids is 1. The van der Waals surface area contributed by atoms with E-state index < -0.39 is 17.6 Å². The molecule has 5 heteroatoms. The van der Waals surface area contributed by atoms with Gasteiger partial charge in [0.15, 0.2) is 5.78 Å². The fourth-order valence-electron chi connectivity index (χ4n) is 1.36. The number of ketones is 1. The summed E-state index contributed by atoms with van der Waals surface area (Å²) in [5.74, 6) is -2.61. The van der Waals surface area contributed by atoms with Crippen LogP contribution in [0.1, 0.15) is 26.5 Å².